The van der Waals surface area contributed by atoms with Crippen LogP contribution in [0.2, 0.25) is 0 Å². The number of hydrogen-bond donors (Lipinski definition) is 1. The molecule has 6 nitrogen and oxygen atoms in total. The topological polar surface area (TPSA) is 66.0 Å². The first-order valence-electron chi connectivity index (χ1n) is 8.91. The van der Waals surface area contributed by atoms with E-state index >= 15 is 0 Å². The summed E-state index contributed by atoms with van der Waals surface area (Å²) in [7, 11) is 6.49. The van der Waals surface area contributed by atoms with Gasteiger partial charge in [-0.05, 0) is 70.3 Å². The van der Waals surface area contributed by atoms with E-state index < -0.39 is 0 Å². The Kier molecular flexibility index (Phi) is 6.22. The molecule has 3 rings (SSSR count). The normalized spacial score (nSPS) is 15.0. The molecule has 0 saturated carbocycles. The van der Waals surface area contributed by atoms with Crippen LogP contribution in [0.4, 0.5) is 0 Å². The van der Waals surface area contributed by atoms with E-state index in [9.17, 15) is 4.79 Å². The molecule has 2 aromatic rings. The summed E-state index contributed by atoms with van der Waals surface area (Å²) < 4.78 is 23.4. The number of halogens is 1. The van der Waals surface area contributed by atoms with Crippen LogP contribution in [0, 0.1) is 3.57 Å². The SMILES string of the molecule is COc1cc2c(cc1I)-c1c(cc(OC)c(OC)c1OC)CC[C@H]2NC(C)=O. The number of nitrogens with one attached hydrogen (secondary N) is 1. The monoisotopic (exact) mass is 497 g/mol. The predicted octanol–water partition coefficient (Wildman–Crippen LogP) is 4.12. The minimum Gasteiger partial charge on any atom is -0.496 e. The summed E-state index contributed by atoms with van der Waals surface area (Å²) in [6, 6.07) is 5.94. The van der Waals surface area contributed by atoms with Crippen molar-refractivity contribution in [1.29, 1.82) is 0 Å². The smallest absolute Gasteiger partial charge is 0.217 e. The zero-order chi connectivity index (χ0) is 20.4. The van der Waals surface area contributed by atoms with Gasteiger partial charge in [-0.1, -0.05) is 0 Å². The summed E-state index contributed by atoms with van der Waals surface area (Å²) in [5.74, 6) is 2.51. The average molecular weight is 497 g/mol. The van der Waals surface area contributed by atoms with Crippen molar-refractivity contribution in [1.82, 2.24) is 5.32 Å². The highest BCUT2D eigenvalue weighted by atomic mass is 127. The van der Waals surface area contributed by atoms with E-state index in [0.29, 0.717) is 17.2 Å². The summed E-state index contributed by atoms with van der Waals surface area (Å²) in [6.45, 7) is 1.54. The van der Waals surface area contributed by atoms with Crippen LogP contribution in [0.3, 0.4) is 0 Å². The van der Waals surface area contributed by atoms with E-state index in [2.05, 4.69) is 34.0 Å². The van der Waals surface area contributed by atoms with Crippen LogP contribution in [-0.4, -0.2) is 34.3 Å². The number of methoxy groups -OCH3 is 4. The number of benzene rings is 2. The van der Waals surface area contributed by atoms with Gasteiger partial charge >= 0.3 is 0 Å². The van der Waals surface area contributed by atoms with Crippen molar-refractivity contribution < 1.29 is 23.7 Å². The summed E-state index contributed by atoms with van der Waals surface area (Å²) in [4.78, 5) is 11.8. The maximum Gasteiger partial charge on any atom is 0.217 e. The van der Waals surface area contributed by atoms with Crippen LogP contribution < -0.4 is 24.3 Å². The number of amides is 1. The molecule has 0 aromatic heterocycles. The molecule has 2 aromatic carbocycles. The Morgan fingerprint density at radius 2 is 1.68 bits per heavy atom. The summed E-state index contributed by atoms with van der Waals surface area (Å²) in [5, 5.41) is 3.08. The lowest BCUT2D eigenvalue weighted by Gasteiger charge is -2.22. The molecule has 0 saturated heterocycles. The predicted molar refractivity (Wildman–Crippen MR) is 116 cm³/mol. The number of fused-ring (bicyclic) bond motifs is 3. The van der Waals surface area contributed by atoms with Crippen LogP contribution in [0.1, 0.15) is 30.5 Å². The van der Waals surface area contributed by atoms with Gasteiger partial charge in [-0.25, -0.2) is 0 Å². The molecule has 0 spiro atoms. The molecule has 0 fully saturated rings. The first-order chi connectivity index (χ1) is 13.4. The van der Waals surface area contributed by atoms with E-state index in [4.69, 9.17) is 18.9 Å². The molecule has 0 unspecified atom stereocenters. The molecule has 0 radical (unpaired) electrons. The lowest BCUT2D eigenvalue weighted by atomic mass is 9.93. The third-order valence-corrected chi connectivity index (χ3v) is 5.80. The third-order valence-electron chi connectivity index (χ3n) is 4.96. The molecule has 1 atom stereocenters. The Labute approximate surface area is 178 Å². The molecule has 0 aliphatic heterocycles. The molecule has 7 heteroatoms. The Bertz CT molecular complexity index is 912. The first kappa shape index (κ1) is 20.6. The molecule has 28 heavy (non-hydrogen) atoms. The Balaban J connectivity index is 2.36. The highest BCUT2D eigenvalue weighted by Gasteiger charge is 2.30. The highest BCUT2D eigenvalue weighted by molar-refractivity contribution is 14.1. The van der Waals surface area contributed by atoms with Crippen LogP contribution in [0.15, 0.2) is 18.2 Å². The number of rotatable bonds is 5. The largest absolute Gasteiger partial charge is 0.496 e. The van der Waals surface area contributed by atoms with Crippen molar-refractivity contribution in [2.75, 3.05) is 28.4 Å². The minimum atomic E-state index is -0.132. The molecule has 0 bridgehead atoms. The van der Waals surface area contributed by atoms with Crippen LogP contribution in [0.5, 0.6) is 23.0 Å². The quantitative estimate of drug-likeness (QED) is 0.630. The minimum absolute atomic E-state index is 0.0680. The Morgan fingerprint density at radius 3 is 2.25 bits per heavy atom. The second kappa shape index (κ2) is 8.46. The summed E-state index contributed by atoms with van der Waals surface area (Å²) in [6.07, 6.45) is 1.51. The van der Waals surface area contributed by atoms with Crippen molar-refractivity contribution in [3.8, 4) is 34.1 Å². The number of carbonyl (C=O) groups excluding carboxylic acids is 1. The fourth-order valence-electron chi connectivity index (χ4n) is 3.78. The van der Waals surface area contributed by atoms with E-state index in [1.807, 2.05) is 12.1 Å². The zero-order valence-electron chi connectivity index (χ0n) is 16.6. The van der Waals surface area contributed by atoms with Crippen molar-refractivity contribution in [2.24, 2.45) is 0 Å². The van der Waals surface area contributed by atoms with Gasteiger partial charge in [0.1, 0.15) is 5.75 Å². The number of hydrogen-bond acceptors (Lipinski definition) is 5. The van der Waals surface area contributed by atoms with Crippen molar-refractivity contribution in [2.45, 2.75) is 25.8 Å². The molecular formula is C21H24INO5. The van der Waals surface area contributed by atoms with Crippen molar-refractivity contribution in [3.63, 3.8) is 0 Å². The number of aryl methyl sites for hydroxylation is 1. The second-order valence-electron chi connectivity index (χ2n) is 6.55. The average Bonchev–Trinajstić information content (AvgIpc) is 2.82. The Morgan fingerprint density at radius 1 is 1.00 bits per heavy atom. The van der Waals surface area contributed by atoms with Crippen molar-refractivity contribution in [3.05, 3.63) is 32.9 Å². The molecule has 0 heterocycles. The first-order valence-corrected chi connectivity index (χ1v) is 9.99. The van der Waals surface area contributed by atoms with Gasteiger partial charge in [-0.15, -0.1) is 0 Å². The fraction of sp³-hybridized carbons (Fsp3) is 0.381. The van der Waals surface area contributed by atoms with Gasteiger partial charge in [0.2, 0.25) is 11.7 Å². The van der Waals surface area contributed by atoms with Gasteiger partial charge in [-0.2, -0.15) is 0 Å². The molecule has 1 amide bonds. The van der Waals surface area contributed by atoms with Gasteiger partial charge < -0.3 is 24.3 Å². The van der Waals surface area contributed by atoms with Gasteiger partial charge in [0.05, 0.1) is 38.1 Å². The Hall–Kier alpha value is -2.16. The molecule has 1 N–H and O–H groups in total. The maximum absolute atomic E-state index is 11.8. The molecule has 150 valence electrons. The van der Waals surface area contributed by atoms with E-state index in [0.717, 1.165) is 44.4 Å². The number of ether oxygens (including phenoxy) is 4. The number of carbonyl (C=O) groups is 1. The van der Waals surface area contributed by atoms with E-state index in [1.54, 1.807) is 28.4 Å². The van der Waals surface area contributed by atoms with Crippen LogP contribution in [-0.2, 0) is 11.2 Å². The molecule has 1 aliphatic rings. The lowest BCUT2D eigenvalue weighted by molar-refractivity contribution is -0.119. The van der Waals surface area contributed by atoms with Crippen LogP contribution >= 0.6 is 22.6 Å². The lowest BCUT2D eigenvalue weighted by Crippen LogP contribution is -2.26. The molecular weight excluding hydrogens is 473 g/mol. The second-order valence-corrected chi connectivity index (χ2v) is 7.71. The van der Waals surface area contributed by atoms with Crippen LogP contribution in [0.25, 0.3) is 11.1 Å². The summed E-state index contributed by atoms with van der Waals surface area (Å²) in [5.41, 5.74) is 4.04. The van der Waals surface area contributed by atoms with E-state index in [1.165, 1.54) is 6.92 Å². The van der Waals surface area contributed by atoms with Gasteiger partial charge in [0.15, 0.2) is 11.5 Å². The molecule has 1 aliphatic carbocycles. The van der Waals surface area contributed by atoms with Crippen molar-refractivity contribution >= 4 is 28.5 Å². The fourth-order valence-corrected chi connectivity index (χ4v) is 4.47. The van der Waals surface area contributed by atoms with Gasteiger partial charge in [-0.3, -0.25) is 4.79 Å². The standard InChI is InChI=1S/C21H24INO5/c1-11(24)23-16-7-6-12-8-18(26-3)20(27-4)21(28-5)19(12)14-9-15(22)17(25-2)10-13(14)16/h8-10,16H,6-7H2,1-5H3,(H,23,24)/t16-/m1/s1. The zero-order valence-corrected chi connectivity index (χ0v) is 18.8. The van der Waals surface area contributed by atoms with Gasteiger partial charge in [0.25, 0.3) is 0 Å². The van der Waals surface area contributed by atoms with E-state index in [-0.39, 0.29) is 11.9 Å². The third kappa shape index (κ3) is 3.59. The summed E-state index contributed by atoms with van der Waals surface area (Å²) >= 11 is 2.26. The maximum atomic E-state index is 11.8. The highest BCUT2D eigenvalue weighted by Crippen LogP contribution is 2.51. The van der Waals surface area contributed by atoms with Gasteiger partial charge in [0, 0.05) is 12.5 Å².